The van der Waals surface area contributed by atoms with E-state index >= 15 is 0 Å². The van der Waals surface area contributed by atoms with Crippen molar-refractivity contribution >= 4 is 5.78 Å². The highest BCUT2D eigenvalue weighted by Gasteiger charge is 2.40. The SMILES string of the molecule is CC(=O)C1CN(Cc2ccccc2)CC[C@]1(C)O. The third-order valence-electron chi connectivity index (χ3n) is 3.87. The summed E-state index contributed by atoms with van der Waals surface area (Å²) in [6.07, 6.45) is 0.657. The van der Waals surface area contributed by atoms with Crippen molar-refractivity contribution in [3.05, 3.63) is 35.9 Å². The molecule has 0 aromatic heterocycles. The summed E-state index contributed by atoms with van der Waals surface area (Å²) in [6, 6.07) is 10.2. The Hall–Kier alpha value is -1.19. The molecule has 3 heteroatoms. The van der Waals surface area contributed by atoms with Crippen LogP contribution < -0.4 is 0 Å². The number of Topliss-reactive ketones (excluding diaryl/α,β-unsaturated/α-hetero) is 1. The Labute approximate surface area is 108 Å². The second-order valence-electron chi connectivity index (χ2n) is 5.49. The number of likely N-dealkylation sites (tertiary alicyclic amines) is 1. The molecule has 2 rings (SSSR count). The Kier molecular flexibility index (Phi) is 3.83. The normalized spacial score (nSPS) is 29.2. The second kappa shape index (κ2) is 5.21. The first-order valence-electron chi connectivity index (χ1n) is 6.48. The number of benzene rings is 1. The predicted octanol–water partition coefficient (Wildman–Crippen LogP) is 1.85. The van der Waals surface area contributed by atoms with Gasteiger partial charge in [-0.25, -0.2) is 0 Å². The van der Waals surface area contributed by atoms with Gasteiger partial charge in [0.05, 0.1) is 11.5 Å². The molecule has 0 saturated carbocycles. The Morgan fingerprint density at radius 3 is 2.72 bits per heavy atom. The fourth-order valence-electron chi connectivity index (χ4n) is 2.66. The molecule has 2 atom stereocenters. The molecular formula is C15H21NO2. The van der Waals surface area contributed by atoms with E-state index in [0.29, 0.717) is 13.0 Å². The zero-order valence-electron chi connectivity index (χ0n) is 11.1. The third-order valence-corrected chi connectivity index (χ3v) is 3.87. The summed E-state index contributed by atoms with van der Waals surface area (Å²) in [5, 5.41) is 10.2. The number of piperidine rings is 1. The van der Waals surface area contributed by atoms with Gasteiger partial charge in [0.2, 0.25) is 0 Å². The number of carbonyl (C=O) groups is 1. The van der Waals surface area contributed by atoms with Crippen LogP contribution in [-0.2, 0) is 11.3 Å². The molecule has 18 heavy (non-hydrogen) atoms. The molecule has 0 bridgehead atoms. The highest BCUT2D eigenvalue weighted by Crippen LogP contribution is 2.29. The Bertz CT molecular complexity index is 414. The first-order chi connectivity index (χ1) is 8.49. The van der Waals surface area contributed by atoms with Gasteiger partial charge in [0, 0.05) is 19.6 Å². The van der Waals surface area contributed by atoms with Gasteiger partial charge < -0.3 is 5.11 Å². The van der Waals surface area contributed by atoms with Crippen LogP contribution in [0.3, 0.4) is 0 Å². The maximum absolute atomic E-state index is 11.6. The topological polar surface area (TPSA) is 40.5 Å². The molecule has 1 N–H and O–H groups in total. The highest BCUT2D eigenvalue weighted by atomic mass is 16.3. The lowest BCUT2D eigenvalue weighted by molar-refractivity contribution is -0.135. The smallest absolute Gasteiger partial charge is 0.137 e. The number of aliphatic hydroxyl groups is 1. The van der Waals surface area contributed by atoms with Crippen LogP contribution in [0.15, 0.2) is 30.3 Å². The van der Waals surface area contributed by atoms with Crippen molar-refractivity contribution in [3.8, 4) is 0 Å². The molecular weight excluding hydrogens is 226 g/mol. The van der Waals surface area contributed by atoms with E-state index in [1.807, 2.05) is 18.2 Å². The third kappa shape index (κ3) is 2.98. The van der Waals surface area contributed by atoms with Gasteiger partial charge in [-0.3, -0.25) is 9.69 Å². The Balaban J connectivity index is 2.03. The van der Waals surface area contributed by atoms with Crippen molar-refractivity contribution in [2.75, 3.05) is 13.1 Å². The minimum Gasteiger partial charge on any atom is -0.389 e. The van der Waals surface area contributed by atoms with Crippen LogP contribution in [0.1, 0.15) is 25.8 Å². The molecule has 1 aliphatic heterocycles. The molecule has 1 aromatic rings. The van der Waals surface area contributed by atoms with E-state index in [0.717, 1.165) is 13.1 Å². The van der Waals surface area contributed by atoms with Gasteiger partial charge in [-0.15, -0.1) is 0 Å². The van der Waals surface area contributed by atoms with Gasteiger partial charge in [-0.2, -0.15) is 0 Å². The summed E-state index contributed by atoms with van der Waals surface area (Å²) in [5.41, 5.74) is 0.403. The van der Waals surface area contributed by atoms with Crippen LogP contribution in [0, 0.1) is 5.92 Å². The molecule has 0 aliphatic carbocycles. The average Bonchev–Trinajstić information content (AvgIpc) is 2.32. The van der Waals surface area contributed by atoms with Crippen molar-refractivity contribution < 1.29 is 9.90 Å². The minimum atomic E-state index is -0.848. The van der Waals surface area contributed by atoms with Gasteiger partial charge in [-0.1, -0.05) is 30.3 Å². The van der Waals surface area contributed by atoms with Gasteiger partial charge in [0.25, 0.3) is 0 Å². The van der Waals surface area contributed by atoms with E-state index in [-0.39, 0.29) is 11.7 Å². The van der Waals surface area contributed by atoms with Gasteiger partial charge in [0.1, 0.15) is 5.78 Å². The number of rotatable bonds is 3. The predicted molar refractivity (Wildman–Crippen MR) is 71.1 cm³/mol. The van der Waals surface area contributed by atoms with Crippen LogP contribution in [0.5, 0.6) is 0 Å². The average molecular weight is 247 g/mol. The number of hydrogen-bond donors (Lipinski definition) is 1. The monoisotopic (exact) mass is 247 g/mol. The van der Waals surface area contributed by atoms with Crippen LogP contribution in [-0.4, -0.2) is 34.5 Å². The maximum atomic E-state index is 11.6. The van der Waals surface area contributed by atoms with E-state index in [9.17, 15) is 9.90 Å². The largest absolute Gasteiger partial charge is 0.389 e. The van der Waals surface area contributed by atoms with E-state index < -0.39 is 5.60 Å². The first kappa shape index (κ1) is 13.2. The van der Waals surface area contributed by atoms with Crippen molar-refractivity contribution in [3.63, 3.8) is 0 Å². The van der Waals surface area contributed by atoms with Crippen LogP contribution >= 0.6 is 0 Å². The fraction of sp³-hybridized carbons (Fsp3) is 0.533. The molecule has 0 spiro atoms. The maximum Gasteiger partial charge on any atom is 0.137 e. The molecule has 3 nitrogen and oxygen atoms in total. The lowest BCUT2D eigenvalue weighted by Gasteiger charge is -2.41. The number of hydrogen-bond acceptors (Lipinski definition) is 3. The summed E-state index contributed by atoms with van der Waals surface area (Å²) in [6.45, 7) is 5.69. The van der Waals surface area contributed by atoms with E-state index in [2.05, 4.69) is 17.0 Å². The Morgan fingerprint density at radius 2 is 2.11 bits per heavy atom. The van der Waals surface area contributed by atoms with Crippen molar-refractivity contribution in [2.45, 2.75) is 32.4 Å². The van der Waals surface area contributed by atoms with Crippen molar-refractivity contribution in [1.29, 1.82) is 0 Å². The summed E-state index contributed by atoms with van der Waals surface area (Å²) < 4.78 is 0. The minimum absolute atomic E-state index is 0.0813. The molecule has 1 saturated heterocycles. The van der Waals surface area contributed by atoms with Crippen molar-refractivity contribution in [1.82, 2.24) is 4.90 Å². The molecule has 0 amide bonds. The lowest BCUT2D eigenvalue weighted by atomic mass is 9.80. The summed E-state index contributed by atoms with van der Waals surface area (Å²) in [7, 11) is 0. The van der Waals surface area contributed by atoms with Crippen LogP contribution in [0.2, 0.25) is 0 Å². The number of ketones is 1. The van der Waals surface area contributed by atoms with Crippen LogP contribution in [0.4, 0.5) is 0 Å². The molecule has 1 fully saturated rings. The highest BCUT2D eigenvalue weighted by molar-refractivity contribution is 5.79. The van der Waals surface area contributed by atoms with Crippen LogP contribution in [0.25, 0.3) is 0 Å². The van der Waals surface area contributed by atoms with Gasteiger partial charge >= 0.3 is 0 Å². The second-order valence-corrected chi connectivity index (χ2v) is 5.49. The summed E-state index contributed by atoms with van der Waals surface area (Å²) >= 11 is 0. The molecule has 98 valence electrons. The zero-order chi connectivity index (χ0) is 13.2. The molecule has 1 heterocycles. The van der Waals surface area contributed by atoms with E-state index in [4.69, 9.17) is 0 Å². The molecule has 1 unspecified atom stereocenters. The molecule has 1 aliphatic rings. The number of nitrogens with zero attached hydrogens (tertiary/aromatic N) is 1. The fourth-order valence-corrected chi connectivity index (χ4v) is 2.66. The van der Waals surface area contributed by atoms with E-state index in [1.165, 1.54) is 5.56 Å². The first-order valence-corrected chi connectivity index (χ1v) is 6.48. The number of carbonyl (C=O) groups excluding carboxylic acids is 1. The standard InChI is InChI=1S/C15H21NO2/c1-12(17)14-11-16(9-8-15(14,2)18)10-13-6-4-3-5-7-13/h3-7,14,18H,8-11H2,1-2H3/t14?,15-/m0/s1. The summed E-state index contributed by atoms with van der Waals surface area (Å²) in [4.78, 5) is 13.9. The van der Waals surface area contributed by atoms with Gasteiger partial charge in [0.15, 0.2) is 0 Å². The Morgan fingerprint density at radius 1 is 1.44 bits per heavy atom. The van der Waals surface area contributed by atoms with Gasteiger partial charge in [-0.05, 0) is 25.8 Å². The van der Waals surface area contributed by atoms with Crippen molar-refractivity contribution in [2.24, 2.45) is 5.92 Å². The molecule has 0 radical (unpaired) electrons. The molecule has 1 aromatic carbocycles. The summed E-state index contributed by atoms with van der Waals surface area (Å²) in [5.74, 6) is -0.187. The lowest BCUT2D eigenvalue weighted by Crippen LogP contribution is -2.52. The van der Waals surface area contributed by atoms with E-state index in [1.54, 1.807) is 13.8 Å². The zero-order valence-corrected chi connectivity index (χ0v) is 11.1. The quantitative estimate of drug-likeness (QED) is 0.886.